The van der Waals surface area contributed by atoms with Crippen LogP contribution in [-0.4, -0.2) is 59.0 Å². The van der Waals surface area contributed by atoms with Gasteiger partial charge in [-0.15, -0.1) is 24.0 Å². The number of rotatable bonds is 7. The molecule has 0 spiro atoms. The Hall–Kier alpha value is -1.65. The number of nitrogens with zero attached hydrogens (tertiary/aromatic N) is 4. The average Bonchev–Trinajstić information content (AvgIpc) is 3.47. The SMILES string of the molecule is CCNC(=NCC1(NC(C)c2ccccc2)CCCC1)N1CCOC(c2cnn(C)c2)C1.I. The van der Waals surface area contributed by atoms with E-state index in [1.165, 1.54) is 31.2 Å². The van der Waals surface area contributed by atoms with Gasteiger partial charge in [-0.25, -0.2) is 0 Å². The first-order chi connectivity index (χ1) is 15.6. The summed E-state index contributed by atoms with van der Waals surface area (Å²) in [5, 5.41) is 11.8. The highest BCUT2D eigenvalue weighted by Gasteiger charge is 2.35. The van der Waals surface area contributed by atoms with Gasteiger partial charge in [-0.2, -0.15) is 5.10 Å². The highest BCUT2D eigenvalue weighted by atomic mass is 127. The third-order valence-corrected chi connectivity index (χ3v) is 6.71. The van der Waals surface area contributed by atoms with Gasteiger partial charge in [0.25, 0.3) is 0 Å². The van der Waals surface area contributed by atoms with Crippen molar-refractivity contribution in [3.8, 4) is 0 Å². The summed E-state index contributed by atoms with van der Waals surface area (Å²) in [5.74, 6) is 0.991. The molecule has 1 saturated carbocycles. The van der Waals surface area contributed by atoms with E-state index in [-0.39, 0.29) is 35.6 Å². The quantitative estimate of drug-likeness (QED) is 0.301. The number of morpholine rings is 1. The second-order valence-electron chi connectivity index (χ2n) is 9.19. The van der Waals surface area contributed by atoms with Crippen molar-refractivity contribution in [3.05, 3.63) is 53.9 Å². The molecule has 2 atom stereocenters. The molecule has 0 amide bonds. The zero-order valence-electron chi connectivity index (χ0n) is 20.2. The first-order valence-corrected chi connectivity index (χ1v) is 12.0. The Kier molecular flexibility index (Phi) is 9.57. The molecule has 1 aliphatic heterocycles. The maximum Gasteiger partial charge on any atom is 0.194 e. The number of aryl methyl sites for hydroxylation is 1. The molecule has 2 heterocycles. The van der Waals surface area contributed by atoms with E-state index in [4.69, 9.17) is 9.73 Å². The number of nitrogens with one attached hydrogen (secondary N) is 2. The molecule has 1 aromatic heterocycles. The van der Waals surface area contributed by atoms with Crippen molar-refractivity contribution in [2.75, 3.05) is 32.8 Å². The Labute approximate surface area is 215 Å². The van der Waals surface area contributed by atoms with Crippen molar-refractivity contribution in [3.63, 3.8) is 0 Å². The van der Waals surface area contributed by atoms with Crippen molar-refractivity contribution in [2.24, 2.45) is 12.0 Å². The normalized spacial score (nSPS) is 21.5. The van der Waals surface area contributed by atoms with Gasteiger partial charge in [-0.3, -0.25) is 9.67 Å². The van der Waals surface area contributed by atoms with Crippen LogP contribution in [0.15, 0.2) is 47.7 Å². The molecule has 4 rings (SSSR count). The lowest BCUT2D eigenvalue weighted by molar-refractivity contribution is -0.00808. The van der Waals surface area contributed by atoms with E-state index in [1.54, 1.807) is 0 Å². The molecule has 182 valence electrons. The molecule has 33 heavy (non-hydrogen) atoms. The van der Waals surface area contributed by atoms with Crippen LogP contribution in [0.5, 0.6) is 0 Å². The minimum atomic E-state index is 0. The fraction of sp³-hybridized carbons (Fsp3) is 0.600. The monoisotopic (exact) mass is 566 g/mol. The molecule has 2 unspecified atom stereocenters. The van der Waals surface area contributed by atoms with Gasteiger partial charge < -0.3 is 20.3 Å². The molecule has 1 aliphatic carbocycles. The molecule has 7 nitrogen and oxygen atoms in total. The smallest absolute Gasteiger partial charge is 0.194 e. The number of aromatic nitrogens is 2. The van der Waals surface area contributed by atoms with Crippen LogP contribution in [0.3, 0.4) is 0 Å². The Morgan fingerprint density at radius 1 is 1.27 bits per heavy atom. The molecule has 0 bridgehead atoms. The molecule has 2 N–H and O–H groups in total. The summed E-state index contributed by atoms with van der Waals surface area (Å²) in [5.41, 5.74) is 2.52. The van der Waals surface area contributed by atoms with Gasteiger partial charge in [0.05, 0.1) is 25.9 Å². The van der Waals surface area contributed by atoms with Crippen LogP contribution in [0.25, 0.3) is 0 Å². The van der Waals surface area contributed by atoms with Gasteiger partial charge >= 0.3 is 0 Å². The fourth-order valence-electron chi connectivity index (χ4n) is 4.99. The maximum atomic E-state index is 6.05. The molecule has 1 saturated heterocycles. The number of guanidine groups is 1. The summed E-state index contributed by atoms with van der Waals surface area (Å²) < 4.78 is 7.88. The third-order valence-electron chi connectivity index (χ3n) is 6.71. The van der Waals surface area contributed by atoms with Crippen molar-refractivity contribution in [1.82, 2.24) is 25.3 Å². The Morgan fingerprint density at radius 2 is 2.03 bits per heavy atom. The first kappa shape index (κ1) is 26.0. The minimum absolute atomic E-state index is 0. The number of ether oxygens (including phenoxy) is 1. The number of hydrogen-bond acceptors (Lipinski definition) is 4. The predicted molar refractivity (Wildman–Crippen MR) is 144 cm³/mol. The number of halogens is 1. The van der Waals surface area contributed by atoms with E-state index in [2.05, 4.69) is 64.8 Å². The van der Waals surface area contributed by atoms with Gasteiger partial charge in [-0.1, -0.05) is 43.2 Å². The van der Waals surface area contributed by atoms with E-state index < -0.39 is 0 Å². The predicted octanol–water partition coefficient (Wildman–Crippen LogP) is 4.04. The number of hydrogen-bond donors (Lipinski definition) is 2. The highest BCUT2D eigenvalue weighted by Crippen LogP contribution is 2.33. The van der Waals surface area contributed by atoms with Gasteiger partial charge in [0.1, 0.15) is 6.10 Å². The number of aliphatic imine (C=N–C) groups is 1. The largest absolute Gasteiger partial charge is 0.370 e. The molecule has 0 radical (unpaired) electrons. The molecular weight excluding hydrogens is 527 g/mol. The third kappa shape index (κ3) is 6.70. The van der Waals surface area contributed by atoms with E-state index in [0.29, 0.717) is 12.6 Å². The van der Waals surface area contributed by atoms with Gasteiger partial charge in [0.2, 0.25) is 0 Å². The summed E-state index contributed by atoms with van der Waals surface area (Å²) in [6.07, 6.45) is 8.85. The fourth-order valence-corrected chi connectivity index (χ4v) is 4.99. The second-order valence-corrected chi connectivity index (χ2v) is 9.19. The lowest BCUT2D eigenvalue weighted by atomic mass is 9.95. The van der Waals surface area contributed by atoms with Crippen LogP contribution in [-0.2, 0) is 11.8 Å². The molecule has 1 aromatic carbocycles. The molecule has 2 aliphatic rings. The highest BCUT2D eigenvalue weighted by molar-refractivity contribution is 14.0. The summed E-state index contributed by atoms with van der Waals surface area (Å²) in [6, 6.07) is 11.0. The summed E-state index contributed by atoms with van der Waals surface area (Å²) >= 11 is 0. The zero-order valence-corrected chi connectivity index (χ0v) is 22.5. The zero-order chi connectivity index (χ0) is 22.4. The number of benzene rings is 1. The van der Waals surface area contributed by atoms with Crippen LogP contribution in [0.2, 0.25) is 0 Å². The van der Waals surface area contributed by atoms with Gasteiger partial charge in [0.15, 0.2) is 5.96 Å². The molecule has 2 aromatic rings. The van der Waals surface area contributed by atoms with Crippen molar-refractivity contribution in [2.45, 2.75) is 57.2 Å². The van der Waals surface area contributed by atoms with Crippen molar-refractivity contribution < 1.29 is 4.74 Å². The van der Waals surface area contributed by atoms with Crippen LogP contribution in [0.4, 0.5) is 0 Å². The molecule has 2 fully saturated rings. The summed E-state index contributed by atoms with van der Waals surface area (Å²) in [4.78, 5) is 7.51. The molecule has 8 heteroatoms. The van der Waals surface area contributed by atoms with Crippen LogP contribution >= 0.6 is 24.0 Å². The lowest BCUT2D eigenvalue weighted by Crippen LogP contribution is -2.50. The summed E-state index contributed by atoms with van der Waals surface area (Å²) in [7, 11) is 1.94. The van der Waals surface area contributed by atoms with Gasteiger partial charge in [0, 0.05) is 43.5 Å². The van der Waals surface area contributed by atoms with Crippen molar-refractivity contribution >= 4 is 29.9 Å². The topological polar surface area (TPSA) is 66.7 Å². The maximum absolute atomic E-state index is 6.05. The second kappa shape index (κ2) is 12.2. The van der Waals surface area contributed by atoms with E-state index in [9.17, 15) is 0 Å². The average molecular weight is 567 g/mol. The lowest BCUT2D eigenvalue weighted by Gasteiger charge is -2.36. The van der Waals surface area contributed by atoms with Crippen LogP contribution < -0.4 is 10.6 Å². The minimum Gasteiger partial charge on any atom is -0.370 e. The van der Waals surface area contributed by atoms with Crippen molar-refractivity contribution in [1.29, 1.82) is 0 Å². The standard InChI is InChI=1S/C25H38N6O.HI/c1-4-26-24(31-14-15-32-23(18-31)22-16-28-30(3)17-22)27-19-25(12-8-9-13-25)29-20(2)21-10-6-5-7-11-21;/h5-7,10-11,16-17,20,23,29H,4,8-9,12-15,18-19H2,1-3H3,(H,26,27);1H. The van der Waals surface area contributed by atoms with E-state index in [1.807, 2.05) is 24.1 Å². The van der Waals surface area contributed by atoms with Crippen LogP contribution in [0.1, 0.15) is 62.8 Å². The van der Waals surface area contributed by atoms with Gasteiger partial charge in [-0.05, 0) is 32.3 Å². The first-order valence-electron chi connectivity index (χ1n) is 12.0. The Morgan fingerprint density at radius 3 is 2.70 bits per heavy atom. The Balaban J connectivity index is 0.00000306. The van der Waals surface area contributed by atoms with E-state index in [0.717, 1.165) is 37.7 Å². The summed E-state index contributed by atoms with van der Waals surface area (Å²) in [6.45, 7) is 8.39. The molecular formula is C25H39IN6O. The van der Waals surface area contributed by atoms with E-state index >= 15 is 0 Å². The Bertz CT molecular complexity index is 880. The van der Waals surface area contributed by atoms with Crippen LogP contribution in [0, 0.1) is 0 Å².